The van der Waals surface area contributed by atoms with Crippen molar-refractivity contribution in [3.63, 3.8) is 0 Å². The predicted molar refractivity (Wildman–Crippen MR) is 59.4 cm³/mol. The maximum absolute atomic E-state index is 12.3. The highest BCUT2D eigenvalue weighted by Gasteiger charge is 2.32. The van der Waals surface area contributed by atoms with E-state index in [4.69, 9.17) is 5.73 Å². The summed E-state index contributed by atoms with van der Waals surface area (Å²) in [5.41, 5.74) is 5.09. The van der Waals surface area contributed by atoms with E-state index >= 15 is 0 Å². The zero-order valence-electron chi connectivity index (χ0n) is 10.3. The van der Waals surface area contributed by atoms with Gasteiger partial charge in [-0.1, -0.05) is 0 Å². The third-order valence-electron chi connectivity index (χ3n) is 2.51. The molecule has 0 aliphatic rings. The molecule has 1 atom stereocenters. The lowest BCUT2D eigenvalue weighted by Crippen LogP contribution is -2.45. The number of hydrogen-bond acceptors (Lipinski definition) is 3. The molecule has 7 heteroatoms. The molecule has 0 rings (SSSR count). The molecular formula is C10H20F3N3O. The van der Waals surface area contributed by atoms with Crippen LogP contribution in [0, 0.1) is 0 Å². The van der Waals surface area contributed by atoms with Crippen LogP contribution in [0.15, 0.2) is 0 Å². The van der Waals surface area contributed by atoms with Gasteiger partial charge in [0.1, 0.15) is 0 Å². The first-order valence-electron chi connectivity index (χ1n) is 5.44. The van der Waals surface area contributed by atoms with E-state index < -0.39 is 24.7 Å². The molecule has 0 heterocycles. The average molecular weight is 255 g/mol. The summed E-state index contributed by atoms with van der Waals surface area (Å²) in [6.07, 6.45) is -3.97. The van der Waals surface area contributed by atoms with E-state index in [1.54, 1.807) is 20.9 Å². The highest BCUT2D eigenvalue weighted by molar-refractivity contribution is 5.79. The minimum atomic E-state index is -4.23. The van der Waals surface area contributed by atoms with Crippen molar-refractivity contribution >= 4 is 5.91 Å². The lowest BCUT2D eigenvalue weighted by Gasteiger charge is -2.28. The Bertz CT molecular complexity index is 243. The Morgan fingerprint density at radius 3 is 2.24 bits per heavy atom. The lowest BCUT2D eigenvalue weighted by molar-refractivity contribution is -0.149. The fraction of sp³-hybridized carbons (Fsp3) is 0.900. The van der Waals surface area contributed by atoms with Crippen LogP contribution in [0.3, 0.4) is 0 Å². The van der Waals surface area contributed by atoms with E-state index in [2.05, 4.69) is 5.32 Å². The molecule has 0 saturated heterocycles. The first-order valence-corrected chi connectivity index (χ1v) is 5.44. The highest BCUT2D eigenvalue weighted by atomic mass is 19.4. The van der Waals surface area contributed by atoms with Crippen LogP contribution in [0.4, 0.5) is 13.2 Å². The third kappa shape index (κ3) is 7.17. The van der Waals surface area contributed by atoms with Crippen LogP contribution in [0.25, 0.3) is 0 Å². The van der Waals surface area contributed by atoms with Crippen LogP contribution in [-0.4, -0.2) is 49.2 Å². The van der Waals surface area contributed by atoms with Crippen molar-refractivity contribution in [3.8, 4) is 0 Å². The zero-order valence-corrected chi connectivity index (χ0v) is 10.3. The van der Waals surface area contributed by atoms with Gasteiger partial charge in [-0.15, -0.1) is 0 Å². The van der Waals surface area contributed by atoms with Crippen LogP contribution in [0.1, 0.15) is 20.3 Å². The molecule has 0 aromatic rings. The Kier molecular flexibility index (Phi) is 6.48. The lowest BCUT2D eigenvalue weighted by atomic mass is 10.1. The topological polar surface area (TPSA) is 58.4 Å². The second-order valence-corrected chi connectivity index (χ2v) is 4.21. The summed E-state index contributed by atoms with van der Waals surface area (Å²) >= 11 is 0. The Hall–Kier alpha value is -0.820. The van der Waals surface area contributed by atoms with Crippen molar-refractivity contribution in [2.45, 2.75) is 38.5 Å². The van der Waals surface area contributed by atoms with Gasteiger partial charge in [-0.2, -0.15) is 13.2 Å². The van der Waals surface area contributed by atoms with Gasteiger partial charge < -0.3 is 11.1 Å². The number of hydrogen-bond donors (Lipinski definition) is 2. The third-order valence-corrected chi connectivity index (χ3v) is 2.51. The fourth-order valence-corrected chi connectivity index (χ4v) is 1.47. The number of nitrogens with one attached hydrogen (secondary N) is 1. The molecule has 0 aromatic heterocycles. The second-order valence-electron chi connectivity index (χ2n) is 4.21. The number of halogens is 3. The summed E-state index contributed by atoms with van der Waals surface area (Å²) in [7, 11) is 1.55. The molecule has 1 unspecified atom stereocenters. The number of carbonyl (C=O) groups excluding carboxylic acids is 1. The molecule has 1 amide bonds. The maximum Gasteiger partial charge on any atom is 0.401 e. The number of primary amides is 1. The van der Waals surface area contributed by atoms with E-state index in [0.717, 1.165) is 0 Å². The summed E-state index contributed by atoms with van der Waals surface area (Å²) in [6.45, 7) is 2.57. The van der Waals surface area contributed by atoms with Gasteiger partial charge in [-0.25, -0.2) is 0 Å². The van der Waals surface area contributed by atoms with Crippen LogP contribution in [0.2, 0.25) is 0 Å². The largest absolute Gasteiger partial charge is 0.401 e. The van der Waals surface area contributed by atoms with Gasteiger partial charge in [-0.3, -0.25) is 9.69 Å². The Morgan fingerprint density at radius 2 is 1.94 bits per heavy atom. The van der Waals surface area contributed by atoms with Crippen molar-refractivity contribution in [2.24, 2.45) is 5.73 Å². The molecule has 3 N–H and O–H groups in total. The summed E-state index contributed by atoms with van der Waals surface area (Å²) in [4.78, 5) is 12.2. The van der Waals surface area contributed by atoms with Gasteiger partial charge in [0.05, 0.1) is 12.6 Å². The van der Waals surface area contributed by atoms with Crippen LogP contribution >= 0.6 is 0 Å². The minimum Gasteiger partial charge on any atom is -0.368 e. The highest BCUT2D eigenvalue weighted by Crippen LogP contribution is 2.18. The molecular weight excluding hydrogens is 235 g/mol. The molecule has 0 aliphatic carbocycles. The van der Waals surface area contributed by atoms with Crippen LogP contribution in [-0.2, 0) is 4.79 Å². The van der Waals surface area contributed by atoms with E-state index in [1.807, 2.05) is 0 Å². The molecule has 0 aromatic carbocycles. The number of rotatable bonds is 7. The van der Waals surface area contributed by atoms with Crippen molar-refractivity contribution in [2.75, 3.05) is 20.1 Å². The molecule has 17 heavy (non-hydrogen) atoms. The molecule has 4 nitrogen and oxygen atoms in total. The fourth-order valence-electron chi connectivity index (χ4n) is 1.47. The van der Waals surface area contributed by atoms with Crippen LogP contribution in [0.5, 0.6) is 0 Å². The van der Waals surface area contributed by atoms with Gasteiger partial charge in [-0.05, 0) is 27.3 Å². The van der Waals surface area contributed by atoms with Crippen molar-refractivity contribution in [3.05, 3.63) is 0 Å². The smallest absolute Gasteiger partial charge is 0.368 e. The maximum atomic E-state index is 12.3. The monoisotopic (exact) mass is 255 g/mol. The van der Waals surface area contributed by atoms with E-state index in [-0.39, 0.29) is 19.0 Å². The molecule has 0 fully saturated rings. The average Bonchev–Trinajstić information content (AvgIpc) is 2.14. The van der Waals surface area contributed by atoms with E-state index in [9.17, 15) is 18.0 Å². The van der Waals surface area contributed by atoms with Gasteiger partial charge >= 0.3 is 6.18 Å². The Morgan fingerprint density at radius 1 is 1.41 bits per heavy atom. The molecule has 0 spiro atoms. The molecule has 102 valence electrons. The van der Waals surface area contributed by atoms with Gasteiger partial charge in [0.2, 0.25) is 5.91 Å². The first-order chi connectivity index (χ1) is 7.67. The quantitative estimate of drug-likeness (QED) is 0.705. The number of carbonyl (C=O) groups is 1. The van der Waals surface area contributed by atoms with Crippen molar-refractivity contribution in [1.29, 1.82) is 0 Å². The number of likely N-dealkylation sites (N-methyl/N-ethyl adjacent to an activating group) is 1. The molecule has 0 bridgehead atoms. The normalized spacial score (nSPS) is 14.4. The zero-order chi connectivity index (χ0) is 13.6. The number of nitrogens with two attached hydrogens (primary N) is 1. The van der Waals surface area contributed by atoms with Gasteiger partial charge in [0.15, 0.2) is 0 Å². The molecule has 0 saturated carbocycles. The molecule has 0 aliphatic heterocycles. The van der Waals surface area contributed by atoms with Gasteiger partial charge in [0, 0.05) is 12.6 Å². The van der Waals surface area contributed by atoms with Crippen LogP contribution < -0.4 is 11.1 Å². The molecule has 0 radical (unpaired) electrons. The first kappa shape index (κ1) is 16.2. The van der Waals surface area contributed by atoms with Crippen molar-refractivity contribution in [1.82, 2.24) is 10.2 Å². The predicted octanol–water partition coefficient (Wildman–Crippen LogP) is 0.722. The van der Waals surface area contributed by atoms with Gasteiger partial charge in [0.25, 0.3) is 0 Å². The summed E-state index contributed by atoms with van der Waals surface area (Å²) in [6, 6.07) is -0.827. The summed E-state index contributed by atoms with van der Waals surface area (Å²) in [5.74, 6) is -0.553. The van der Waals surface area contributed by atoms with E-state index in [0.29, 0.717) is 0 Å². The standard InChI is InChI=1S/C10H20F3N3O/c1-7(2)16(6-10(11,12)13)5-4-8(15-3)9(14)17/h7-8,15H,4-6H2,1-3H3,(H2,14,17). The number of alkyl halides is 3. The second kappa shape index (κ2) is 6.80. The summed E-state index contributed by atoms with van der Waals surface area (Å²) < 4.78 is 36.8. The Labute approximate surface area is 99.3 Å². The van der Waals surface area contributed by atoms with Crippen molar-refractivity contribution < 1.29 is 18.0 Å². The SMILES string of the molecule is CNC(CCN(CC(F)(F)F)C(C)C)C(N)=O. The number of amides is 1. The summed E-state index contributed by atoms with van der Waals surface area (Å²) in [5, 5.41) is 2.68. The Balaban J connectivity index is 4.31. The number of nitrogens with zero attached hydrogens (tertiary/aromatic N) is 1. The van der Waals surface area contributed by atoms with E-state index in [1.165, 1.54) is 4.90 Å². The minimum absolute atomic E-state index is 0.172.